The van der Waals surface area contributed by atoms with Crippen LogP contribution in [0.15, 0.2) is 18.2 Å². The van der Waals surface area contributed by atoms with Gasteiger partial charge in [-0.15, -0.1) is 0 Å². The molecule has 108 valence electrons. The minimum atomic E-state index is -0.461. The lowest BCUT2D eigenvalue weighted by atomic mass is 10.1. The molecule has 2 unspecified atom stereocenters. The highest BCUT2D eigenvalue weighted by atomic mass is 16.6. The highest BCUT2D eigenvalue weighted by molar-refractivity contribution is 5.94. The van der Waals surface area contributed by atoms with E-state index in [9.17, 15) is 20.0 Å². The molecule has 1 aromatic rings. The Morgan fingerprint density at radius 3 is 2.80 bits per heavy atom. The smallest absolute Gasteiger partial charge is 0.272 e. The van der Waals surface area contributed by atoms with Gasteiger partial charge in [-0.2, -0.15) is 0 Å². The molecular formula is C14H18N2O4. The molecule has 6 heteroatoms. The molecule has 2 N–H and O–H groups in total. The summed E-state index contributed by atoms with van der Waals surface area (Å²) in [6.07, 6.45) is 2.18. The van der Waals surface area contributed by atoms with Crippen molar-refractivity contribution in [3.05, 3.63) is 39.4 Å². The van der Waals surface area contributed by atoms with E-state index in [4.69, 9.17) is 0 Å². The summed E-state index contributed by atoms with van der Waals surface area (Å²) in [5.41, 5.74) is 0.908. The van der Waals surface area contributed by atoms with Crippen LogP contribution in [0.1, 0.15) is 35.2 Å². The normalized spacial score (nSPS) is 21.7. The Balaban J connectivity index is 1.95. The first-order chi connectivity index (χ1) is 9.47. The molecular weight excluding hydrogens is 260 g/mol. The van der Waals surface area contributed by atoms with Crippen LogP contribution >= 0.6 is 0 Å². The number of aliphatic hydroxyl groups is 1. The number of nitro groups is 1. The Morgan fingerprint density at radius 2 is 2.25 bits per heavy atom. The van der Waals surface area contributed by atoms with Crippen LogP contribution in [0.4, 0.5) is 5.69 Å². The van der Waals surface area contributed by atoms with Gasteiger partial charge in [-0.25, -0.2) is 0 Å². The molecule has 6 nitrogen and oxygen atoms in total. The summed E-state index contributed by atoms with van der Waals surface area (Å²) in [7, 11) is 0. The lowest BCUT2D eigenvalue weighted by Crippen LogP contribution is -2.28. The molecule has 0 saturated heterocycles. The largest absolute Gasteiger partial charge is 0.393 e. The number of nitrogens with zero attached hydrogens (tertiary/aromatic N) is 1. The first-order valence-corrected chi connectivity index (χ1v) is 6.68. The molecule has 1 aliphatic rings. The van der Waals surface area contributed by atoms with Crippen molar-refractivity contribution < 1.29 is 14.8 Å². The van der Waals surface area contributed by atoms with Crippen molar-refractivity contribution >= 4 is 11.6 Å². The molecule has 1 aliphatic carbocycles. The number of rotatable bonds is 4. The average molecular weight is 278 g/mol. The topological polar surface area (TPSA) is 92.5 Å². The molecule has 0 bridgehead atoms. The van der Waals surface area contributed by atoms with Crippen LogP contribution < -0.4 is 5.32 Å². The van der Waals surface area contributed by atoms with E-state index in [-0.39, 0.29) is 17.7 Å². The fourth-order valence-corrected chi connectivity index (χ4v) is 2.57. The molecule has 20 heavy (non-hydrogen) atoms. The summed E-state index contributed by atoms with van der Waals surface area (Å²) in [5.74, 6) is 0.0810. The Hall–Kier alpha value is -1.95. The maximum Gasteiger partial charge on any atom is 0.272 e. The summed E-state index contributed by atoms with van der Waals surface area (Å²) in [5, 5.41) is 23.0. The molecule has 0 aliphatic heterocycles. The monoisotopic (exact) mass is 278 g/mol. The van der Waals surface area contributed by atoms with E-state index < -0.39 is 4.92 Å². The molecule has 2 rings (SSSR count). The number of aryl methyl sites for hydroxylation is 1. The number of hydrogen-bond donors (Lipinski definition) is 2. The molecule has 1 saturated carbocycles. The second-order valence-electron chi connectivity index (χ2n) is 5.30. The van der Waals surface area contributed by atoms with Gasteiger partial charge in [0.1, 0.15) is 0 Å². The van der Waals surface area contributed by atoms with E-state index in [1.165, 1.54) is 18.2 Å². The molecule has 0 radical (unpaired) electrons. The lowest BCUT2D eigenvalue weighted by Gasteiger charge is -2.11. The summed E-state index contributed by atoms with van der Waals surface area (Å²) < 4.78 is 0. The molecule has 2 atom stereocenters. The predicted molar refractivity (Wildman–Crippen MR) is 73.5 cm³/mol. The third-order valence-electron chi connectivity index (χ3n) is 3.72. The number of nitrogens with one attached hydrogen (secondary N) is 1. The Labute approximate surface area is 117 Å². The Bertz CT molecular complexity index is 530. The number of amides is 1. The standard InChI is InChI=1S/C14H18N2O4/c1-9-6-11(3-5-13(9)16(19)20)14(18)15-8-10-2-4-12(17)7-10/h3,5-6,10,12,17H,2,4,7-8H2,1H3,(H,15,18). The van der Waals surface area contributed by atoms with E-state index in [0.717, 1.165) is 19.3 Å². The second kappa shape index (κ2) is 6.00. The molecule has 0 aromatic heterocycles. The van der Waals surface area contributed by atoms with E-state index in [2.05, 4.69) is 5.32 Å². The molecule has 1 aromatic carbocycles. The minimum Gasteiger partial charge on any atom is -0.393 e. The fraction of sp³-hybridized carbons (Fsp3) is 0.500. The van der Waals surface area contributed by atoms with Gasteiger partial charge in [-0.1, -0.05) is 0 Å². The zero-order chi connectivity index (χ0) is 14.7. The predicted octanol–water partition coefficient (Wildman–Crippen LogP) is 1.79. The number of hydrogen-bond acceptors (Lipinski definition) is 4. The van der Waals surface area contributed by atoms with Crippen LogP contribution in [0.2, 0.25) is 0 Å². The summed E-state index contributed by atoms with van der Waals surface area (Å²) >= 11 is 0. The third kappa shape index (κ3) is 3.33. The molecule has 1 amide bonds. The first-order valence-electron chi connectivity index (χ1n) is 6.68. The van der Waals surface area contributed by atoms with E-state index in [1.54, 1.807) is 6.92 Å². The average Bonchev–Trinajstić information content (AvgIpc) is 2.81. The number of benzene rings is 1. The summed E-state index contributed by atoms with van der Waals surface area (Å²) in [6.45, 7) is 2.15. The van der Waals surface area contributed by atoms with Crippen LogP contribution in [0.3, 0.4) is 0 Å². The van der Waals surface area contributed by atoms with Gasteiger partial charge in [-0.3, -0.25) is 14.9 Å². The van der Waals surface area contributed by atoms with E-state index in [0.29, 0.717) is 23.6 Å². The van der Waals surface area contributed by atoms with Crippen LogP contribution in [0, 0.1) is 23.0 Å². The second-order valence-corrected chi connectivity index (χ2v) is 5.30. The van der Waals surface area contributed by atoms with Crippen molar-refractivity contribution in [2.24, 2.45) is 5.92 Å². The molecule has 1 fully saturated rings. The zero-order valence-electron chi connectivity index (χ0n) is 11.3. The maximum atomic E-state index is 12.0. The van der Waals surface area contributed by atoms with Crippen molar-refractivity contribution in [3.63, 3.8) is 0 Å². The van der Waals surface area contributed by atoms with Crippen LogP contribution in [0.25, 0.3) is 0 Å². The third-order valence-corrected chi connectivity index (χ3v) is 3.72. The van der Waals surface area contributed by atoms with Crippen molar-refractivity contribution in [2.45, 2.75) is 32.3 Å². The van der Waals surface area contributed by atoms with Crippen molar-refractivity contribution in [1.82, 2.24) is 5.32 Å². The van der Waals surface area contributed by atoms with E-state index in [1.807, 2.05) is 0 Å². The van der Waals surface area contributed by atoms with Gasteiger partial charge in [0.15, 0.2) is 0 Å². The SMILES string of the molecule is Cc1cc(C(=O)NCC2CCC(O)C2)ccc1[N+](=O)[O-]. The number of aliphatic hydroxyl groups excluding tert-OH is 1. The number of nitro benzene ring substituents is 1. The van der Waals surface area contributed by atoms with Crippen molar-refractivity contribution in [3.8, 4) is 0 Å². The zero-order valence-corrected chi connectivity index (χ0v) is 11.3. The first kappa shape index (κ1) is 14.5. The number of carbonyl (C=O) groups is 1. The molecule has 0 spiro atoms. The Kier molecular flexibility index (Phi) is 4.34. The van der Waals surface area contributed by atoms with Gasteiger partial charge in [0.25, 0.3) is 11.6 Å². The quantitative estimate of drug-likeness (QED) is 0.648. The Morgan fingerprint density at radius 1 is 1.50 bits per heavy atom. The van der Waals surface area contributed by atoms with Crippen LogP contribution in [0.5, 0.6) is 0 Å². The van der Waals surface area contributed by atoms with Gasteiger partial charge in [0.2, 0.25) is 0 Å². The summed E-state index contributed by atoms with van der Waals surface area (Å²) in [4.78, 5) is 22.2. The number of carbonyl (C=O) groups excluding carboxylic acids is 1. The van der Waals surface area contributed by atoms with Crippen LogP contribution in [-0.2, 0) is 0 Å². The van der Waals surface area contributed by atoms with Crippen LogP contribution in [-0.4, -0.2) is 28.6 Å². The fourth-order valence-electron chi connectivity index (χ4n) is 2.57. The van der Waals surface area contributed by atoms with Gasteiger partial charge in [0, 0.05) is 23.7 Å². The van der Waals surface area contributed by atoms with Gasteiger partial charge in [0.05, 0.1) is 11.0 Å². The van der Waals surface area contributed by atoms with Gasteiger partial charge >= 0.3 is 0 Å². The van der Waals surface area contributed by atoms with E-state index >= 15 is 0 Å². The summed E-state index contributed by atoms with van der Waals surface area (Å²) in [6, 6.07) is 4.34. The van der Waals surface area contributed by atoms with Crippen molar-refractivity contribution in [1.29, 1.82) is 0 Å². The van der Waals surface area contributed by atoms with Gasteiger partial charge in [-0.05, 0) is 44.2 Å². The maximum absolute atomic E-state index is 12.0. The highest BCUT2D eigenvalue weighted by Crippen LogP contribution is 2.24. The highest BCUT2D eigenvalue weighted by Gasteiger charge is 2.23. The molecule has 0 heterocycles. The van der Waals surface area contributed by atoms with Crippen molar-refractivity contribution in [2.75, 3.05) is 6.54 Å². The van der Waals surface area contributed by atoms with Gasteiger partial charge < -0.3 is 10.4 Å². The lowest BCUT2D eigenvalue weighted by molar-refractivity contribution is -0.385. The minimum absolute atomic E-state index is 0.0143.